The van der Waals surface area contributed by atoms with E-state index in [1.165, 1.54) is 6.08 Å². The fourth-order valence-electron chi connectivity index (χ4n) is 2.07. The largest absolute Gasteiger partial charge is 0.491 e. The fourth-order valence-corrected chi connectivity index (χ4v) is 2.38. The number of benzene rings is 1. The van der Waals surface area contributed by atoms with E-state index in [4.69, 9.17) is 15.0 Å². The summed E-state index contributed by atoms with van der Waals surface area (Å²) in [5.74, 6) is -1.09. The second-order valence-corrected chi connectivity index (χ2v) is 7.15. The molecule has 1 aromatic rings. The van der Waals surface area contributed by atoms with Crippen LogP contribution in [0, 0.1) is 11.6 Å². The quantitative estimate of drug-likeness (QED) is 0.649. The highest BCUT2D eigenvalue weighted by molar-refractivity contribution is 9.10. The van der Waals surface area contributed by atoms with Crippen LogP contribution in [0.2, 0.25) is 0 Å². The maximum absolute atomic E-state index is 14.0. The SMILES string of the molecule is CC1(C)OB(C(=Cc2cc(F)c(Br)cc2F)CN)OC1(C)C. The maximum Gasteiger partial charge on any atom is 0.491 e. The van der Waals surface area contributed by atoms with Crippen molar-refractivity contribution < 1.29 is 18.1 Å². The van der Waals surface area contributed by atoms with E-state index in [0.29, 0.717) is 5.47 Å². The number of halogens is 3. The summed E-state index contributed by atoms with van der Waals surface area (Å²) in [6.45, 7) is 7.79. The minimum absolute atomic E-state index is 0.0760. The Morgan fingerprint density at radius 3 is 2.23 bits per heavy atom. The van der Waals surface area contributed by atoms with Gasteiger partial charge in [0.15, 0.2) is 0 Å². The van der Waals surface area contributed by atoms with Crippen LogP contribution < -0.4 is 5.73 Å². The van der Waals surface area contributed by atoms with E-state index < -0.39 is 30.0 Å². The predicted octanol–water partition coefficient (Wildman–Crippen LogP) is 3.70. The molecule has 22 heavy (non-hydrogen) atoms. The van der Waals surface area contributed by atoms with Crippen LogP contribution in [0.4, 0.5) is 8.78 Å². The lowest BCUT2D eigenvalue weighted by molar-refractivity contribution is 0.00578. The molecule has 2 rings (SSSR count). The summed E-state index contributed by atoms with van der Waals surface area (Å²) in [6.07, 6.45) is 1.48. The molecule has 120 valence electrons. The first-order valence-electron chi connectivity index (χ1n) is 6.98. The number of hydrogen-bond acceptors (Lipinski definition) is 3. The van der Waals surface area contributed by atoms with Gasteiger partial charge in [-0.05, 0) is 61.2 Å². The third-order valence-corrected chi connectivity index (χ3v) is 4.78. The summed E-state index contributed by atoms with van der Waals surface area (Å²) in [4.78, 5) is 0. The molecule has 7 heteroatoms. The first-order valence-corrected chi connectivity index (χ1v) is 7.77. The Balaban J connectivity index is 2.36. The van der Waals surface area contributed by atoms with E-state index in [0.717, 1.165) is 12.1 Å². The van der Waals surface area contributed by atoms with Crippen LogP contribution in [0.3, 0.4) is 0 Å². The van der Waals surface area contributed by atoms with Crippen LogP contribution in [0.15, 0.2) is 22.1 Å². The third-order valence-electron chi connectivity index (χ3n) is 4.17. The molecule has 2 N–H and O–H groups in total. The second-order valence-electron chi connectivity index (χ2n) is 6.30. The van der Waals surface area contributed by atoms with Crippen molar-refractivity contribution in [2.45, 2.75) is 38.9 Å². The summed E-state index contributed by atoms with van der Waals surface area (Å²) in [7, 11) is -0.680. The fraction of sp³-hybridized carbons (Fsp3) is 0.467. The Morgan fingerprint density at radius 2 is 1.73 bits per heavy atom. The predicted molar refractivity (Wildman–Crippen MR) is 87.2 cm³/mol. The average Bonchev–Trinajstić information content (AvgIpc) is 2.61. The molecule has 0 aromatic heterocycles. The molecule has 0 radical (unpaired) electrons. The number of rotatable bonds is 3. The molecule has 0 aliphatic carbocycles. The second kappa shape index (κ2) is 6.04. The van der Waals surface area contributed by atoms with Crippen molar-refractivity contribution in [3.05, 3.63) is 39.3 Å². The van der Waals surface area contributed by atoms with Crippen molar-refractivity contribution in [3.63, 3.8) is 0 Å². The van der Waals surface area contributed by atoms with Crippen molar-refractivity contribution in [1.82, 2.24) is 0 Å². The van der Waals surface area contributed by atoms with Crippen LogP contribution in [0.25, 0.3) is 6.08 Å². The van der Waals surface area contributed by atoms with E-state index in [1.807, 2.05) is 27.7 Å². The van der Waals surface area contributed by atoms with Crippen molar-refractivity contribution in [1.29, 1.82) is 0 Å². The standard InChI is InChI=1S/C15H19BBrF2NO2/c1-14(2)15(3,4)22-16(21-14)10(8-20)5-9-6-13(19)11(17)7-12(9)18/h5-7H,8,20H2,1-4H3. The third kappa shape index (κ3) is 3.27. The molecule has 1 saturated heterocycles. The first kappa shape index (κ1) is 17.6. The Morgan fingerprint density at radius 1 is 1.18 bits per heavy atom. The van der Waals surface area contributed by atoms with Crippen LogP contribution in [-0.4, -0.2) is 24.9 Å². The average molecular weight is 374 g/mol. The minimum Gasteiger partial charge on any atom is -0.400 e. The first-order chi connectivity index (χ1) is 10.1. The molecule has 0 atom stereocenters. The lowest BCUT2D eigenvalue weighted by Crippen LogP contribution is -2.41. The van der Waals surface area contributed by atoms with Crippen molar-refractivity contribution in [2.75, 3.05) is 6.54 Å². The van der Waals surface area contributed by atoms with Gasteiger partial charge in [-0.2, -0.15) is 0 Å². The highest BCUT2D eigenvalue weighted by Gasteiger charge is 2.52. The molecule has 1 aliphatic heterocycles. The van der Waals surface area contributed by atoms with Gasteiger partial charge >= 0.3 is 7.12 Å². The Bertz CT molecular complexity index is 604. The van der Waals surface area contributed by atoms with Crippen LogP contribution in [0.5, 0.6) is 0 Å². The van der Waals surface area contributed by atoms with Gasteiger partial charge in [0.25, 0.3) is 0 Å². The molecule has 0 saturated carbocycles. The molecule has 1 fully saturated rings. The monoisotopic (exact) mass is 373 g/mol. The summed E-state index contributed by atoms with van der Waals surface area (Å²) in [5, 5.41) is 0. The summed E-state index contributed by atoms with van der Waals surface area (Å²) in [6, 6.07) is 2.19. The van der Waals surface area contributed by atoms with Gasteiger partial charge in [0.2, 0.25) is 0 Å². The van der Waals surface area contributed by atoms with Gasteiger partial charge in [-0.25, -0.2) is 8.78 Å². The van der Waals surface area contributed by atoms with Crippen LogP contribution >= 0.6 is 15.9 Å². The zero-order valence-corrected chi connectivity index (χ0v) is 14.6. The minimum atomic E-state index is -0.680. The number of nitrogens with two attached hydrogens (primary N) is 1. The summed E-state index contributed by atoms with van der Waals surface area (Å²) < 4.78 is 39.4. The topological polar surface area (TPSA) is 44.5 Å². The van der Waals surface area contributed by atoms with Crippen molar-refractivity contribution in [2.24, 2.45) is 5.73 Å². The Hall–Kier alpha value is -0.755. The van der Waals surface area contributed by atoms with Gasteiger partial charge < -0.3 is 15.0 Å². The van der Waals surface area contributed by atoms with Gasteiger partial charge in [-0.3, -0.25) is 0 Å². The zero-order chi connectivity index (χ0) is 16.7. The molecule has 1 heterocycles. The normalized spacial score (nSPS) is 20.5. The van der Waals surface area contributed by atoms with E-state index in [-0.39, 0.29) is 16.6 Å². The lowest BCUT2D eigenvalue weighted by Gasteiger charge is -2.32. The van der Waals surface area contributed by atoms with Crippen molar-refractivity contribution in [3.8, 4) is 0 Å². The molecule has 1 aromatic carbocycles. The highest BCUT2D eigenvalue weighted by Crippen LogP contribution is 2.38. The molecular formula is C15H19BBrF2NO2. The van der Waals surface area contributed by atoms with Gasteiger partial charge in [-0.15, -0.1) is 0 Å². The molecule has 1 aliphatic rings. The number of hydrogen-bond donors (Lipinski definition) is 1. The van der Waals surface area contributed by atoms with E-state index in [2.05, 4.69) is 15.9 Å². The van der Waals surface area contributed by atoms with Gasteiger partial charge in [-0.1, -0.05) is 6.08 Å². The zero-order valence-electron chi connectivity index (χ0n) is 13.0. The Labute approximate surface area is 138 Å². The highest BCUT2D eigenvalue weighted by atomic mass is 79.9. The van der Waals surface area contributed by atoms with E-state index >= 15 is 0 Å². The summed E-state index contributed by atoms with van der Waals surface area (Å²) in [5.41, 5.74) is 5.37. The molecule has 3 nitrogen and oxygen atoms in total. The van der Waals surface area contributed by atoms with E-state index in [1.54, 1.807) is 0 Å². The maximum atomic E-state index is 14.0. The molecule has 0 amide bonds. The lowest BCUT2D eigenvalue weighted by atomic mass is 9.77. The molecular weight excluding hydrogens is 355 g/mol. The van der Waals surface area contributed by atoms with E-state index in [9.17, 15) is 8.78 Å². The molecule has 0 spiro atoms. The van der Waals surface area contributed by atoms with Gasteiger partial charge in [0, 0.05) is 12.1 Å². The molecule has 0 bridgehead atoms. The molecule has 0 unspecified atom stereocenters. The smallest absolute Gasteiger partial charge is 0.400 e. The Kier molecular flexibility index (Phi) is 4.83. The van der Waals surface area contributed by atoms with Gasteiger partial charge in [0.05, 0.1) is 15.7 Å². The van der Waals surface area contributed by atoms with Gasteiger partial charge in [0.1, 0.15) is 11.6 Å². The van der Waals surface area contributed by atoms with Crippen LogP contribution in [0.1, 0.15) is 33.3 Å². The van der Waals surface area contributed by atoms with Crippen molar-refractivity contribution >= 4 is 29.1 Å². The van der Waals surface area contributed by atoms with Crippen LogP contribution in [-0.2, 0) is 9.31 Å². The summed E-state index contributed by atoms with van der Waals surface area (Å²) >= 11 is 2.95.